The zero-order valence-electron chi connectivity index (χ0n) is 10.7. The number of methoxy groups -OCH3 is 1. The lowest BCUT2D eigenvalue weighted by atomic mass is 10.0. The van der Waals surface area contributed by atoms with Crippen molar-refractivity contribution in [1.82, 2.24) is 4.90 Å². The van der Waals surface area contributed by atoms with Gasteiger partial charge in [-0.2, -0.15) is 8.78 Å². The van der Waals surface area contributed by atoms with E-state index < -0.39 is 6.61 Å². The first-order valence-corrected chi connectivity index (χ1v) is 6.07. The van der Waals surface area contributed by atoms with E-state index in [-0.39, 0.29) is 12.4 Å². The highest BCUT2D eigenvalue weighted by atomic mass is 19.3. The lowest BCUT2D eigenvalue weighted by Gasteiger charge is -2.38. The Morgan fingerprint density at radius 1 is 1.37 bits per heavy atom. The molecule has 1 heterocycles. The second-order valence-corrected chi connectivity index (χ2v) is 4.61. The third-order valence-corrected chi connectivity index (χ3v) is 3.14. The normalized spacial score (nSPS) is 16.5. The van der Waals surface area contributed by atoms with Gasteiger partial charge >= 0.3 is 6.61 Å². The van der Waals surface area contributed by atoms with Crippen molar-refractivity contribution in [3.63, 3.8) is 0 Å². The highest BCUT2D eigenvalue weighted by Crippen LogP contribution is 2.30. The van der Waals surface area contributed by atoms with Crippen molar-refractivity contribution in [3.8, 4) is 11.5 Å². The van der Waals surface area contributed by atoms with Gasteiger partial charge in [0.25, 0.3) is 0 Å². The monoisotopic (exact) mass is 273 g/mol. The summed E-state index contributed by atoms with van der Waals surface area (Å²) in [7, 11) is 1.42. The minimum atomic E-state index is -2.86. The van der Waals surface area contributed by atoms with Crippen LogP contribution in [0.25, 0.3) is 0 Å². The van der Waals surface area contributed by atoms with Gasteiger partial charge in [-0.15, -0.1) is 0 Å². The maximum absolute atomic E-state index is 12.2. The van der Waals surface area contributed by atoms with Gasteiger partial charge in [0.05, 0.1) is 7.11 Å². The molecule has 1 N–H and O–H groups in total. The smallest absolute Gasteiger partial charge is 0.387 e. The fourth-order valence-corrected chi connectivity index (χ4v) is 2.18. The summed E-state index contributed by atoms with van der Waals surface area (Å²) in [6.07, 6.45) is 0. The fourth-order valence-electron chi connectivity index (χ4n) is 2.18. The summed E-state index contributed by atoms with van der Waals surface area (Å²) >= 11 is 0. The van der Waals surface area contributed by atoms with Gasteiger partial charge in [-0.25, -0.2) is 0 Å². The number of rotatable bonds is 6. The van der Waals surface area contributed by atoms with Gasteiger partial charge in [0.15, 0.2) is 11.5 Å². The predicted octanol–water partition coefficient (Wildman–Crippen LogP) is 1.72. The SMILES string of the molecule is COc1cc(CN2CC(CO)C2)ccc1OC(F)F. The Labute approximate surface area is 110 Å². The zero-order valence-corrected chi connectivity index (χ0v) is 10.7. The fraction of sp³-hybridized carbons (Fsp3) is 0.538. The van der Waals surface area contributed by atoms with Crippen molar-refractivity contribution < 1.29 is 23.4 Å². The molecule has 0 radical (unpaired) electrons. The molecule has 19 heavy (non-hydrogen) atoms. The molecular weight excluding hydrogens is 256 g/mol. The summed E-state index contributed by atoms with van der Waals surface area (Å²) in [5.74, 6) is 0.693. The van der Waals surface area contributed by atoms with E-state index in [2.05, 4.69) is 9.64 Å². The second kappa shape index (κ2) is 6.16. The topological polar surface area (TPSA) is 41.9 Å². The largest absolute Gasteiger partial charge is 0.493 e. The summed E-state index contributed by atoms with van der Waals surface area (Å²) in [5, 5.41) is 8.94. The molecule has 2 rings (SSSR count). The van der Waals surface area contributed by atoms with E-state index in [1.165, 1.54) is 13.2 Å². The third-order valence-electron chi connectivity index (χ3n) is 3.14. The van der Waals surface area contributed by atoms with E-state index in [1.54, 1.807) is 12.1 Å². The number of nitrogens with zero attached hydrogens (tertiary/aromatic N) is 1. The van der Waals surface area contributed by atoms with Crippen LogP contribution in [0.3, 0.4) is 0 Å². The minimum absolute atomic E-state index is 0.0399. The number of benzene rings is 1. The van der Waals surface area contributed by atoms with Crippen LogP contribution in [0, 0.1) is 5.92 Å². The van der Waals surface area contributed by atoms with Gasteiger partial charge in [0, 0.05) is 32.2 Å². The first-order valence-electron chi connectivity index (χ1n) is 6.07. The molecule has 1 aromatic rings. The molecule has 0 spiro atoms. The molecule has 0 atom stereocenters. The van der Waals surface area contributed by atoms with Crippen molar-refractivity contribution in [2.45, 2.75) is 13.2 Å². The van der Waals surface area contributed by atoms with Crippen LogP contribution < -0.4 is 9.47 Å². The van der Waals surface area contributed by atoms with Gasteiger partial charge in [0.2, 0.25) is 0 Å². The highest BCUT2D eigenvalue weighted by molar-refractivity contribution is 5.43. The molecular formula is C13H17F2NO3. The van der Waals surface area contributed by atoms with Crippen LogP contribution in [0.15, 0.2) is 18.2 Å². The number of aliphatic hydroxyl groups excluding tert-OH is 1. The van der Waals surface area contributed by atoms with Gasteiger partial charge in [-0.1, -0.05) is 6.07 Å². The summed E-state index contributed by atoms with van der Waals surface area (Å²) in [4.78, 5) is 2.17. The molecule has 0 saturated carbocycles. The Morgan fingerprint density at radius 3 is 2.68 bits per heavy atom. The van der Waals surface area contributed by atoms with Crippen molar-refractivity contribution in [2.24, 2.45) is 5.92 Å². The summed E-state index contributed by atoms with van der Waals surface area (Å²) < 4.78 is 33.8. The summed E-state index contributed by atoms with van der Waals surface area (Å²) in [6.45, 7) is -0.231. The molecule has 0 amide bonds. The Morgan fingerprint density at radius 2 is 2.11 bits per heavy atom. The molecule has 1 aliphatic rings. The molecule has 1 fully saturated rings. The van der Waals surface area contributed by atoms with Crippen molar-refractivity contribution in [1.29, 1.82) is 0 Å². The summed E-state index contributed by atoms with van der Waals surface area (Å²) in [5.41, 5.74) is 0.967. The first-order chi connectivity index (χ1) is 9.12. The van der Waals surface area contributed by atoms with Gasteiger partial charge < -0.3 is 14.6 Å². The molecule has 0 aliphatic carbocycles. The van der Waals surface area contributed by atoms with Crippen LogP contribution in [0.4, 0.5) is 8.78 Å². The van der Waals surface area contributed by atoms with E-state index in [1.807, 2.05) is 0 Å². The van der Waals surface area contributed by atoms with E-state index in [0.29, 0.717) is 18.2 Å². The molecule has 106 valence electrons. The summed E-state index contributed by atoms with van der Waals surface area (Å²) in [6, 6.07) is 4.93. The molecule has 1 aliphatic heterocycles. The first kappa shape index (κ1) is 14.0. The number of alkyl halides is 2. The van der Waals surface area contributed by atoms with Crippen molar-refractivity contribution >= 4 is 0 Å². The van der Waals surface area contributed by atoms with Crippen LogP contribution >= 0.6 is 0 Å². The quantitative estimate of drug-likeness (QED) is 0.857. The number of aliphatic hydroxyl groups is 1. The molecule has 0 unspecified atom stereocenters. The second-order valence-electron chi connectivity index (χ2n) is 4.61. The Bertz CT molecular complexity index is 422. The van der Waals surface area contributed by atoms with E-state index in [4.69, 9.17) is 9.84 Å². The van der Waals surface area contributed by atoms with Gasteiger partial charge in [0.1, 0.15) is 0 Å². The molecule has 0 aromatic heterocycles. The van der Waals surface area contributed by atoms with Crippen molar-refractivity contribution in [2.75, 3.05) is 26.8 Å². The standard InChI is InChI=1S/C13H17F2NO3/c1-18-12-4-9(2-3-11(12)19-13(14)15)5-16-6-10(7-16)8-17/h2-4,10,13,17H,5-8H2,1H3. The van der Waals surface area contributed by atoms with Gasteiger partial charge in [-0.3, -0.25) is 4.90 Å². The molecule has 4 nitrogen and oxygen atoms in total. The lowest BCUT2D eigenvalue weighted by Crippen LogP contribution is -2.47. The van der Waals surface area contributed by atoms with E-state index in [0.717, 1.165) is 18.7 Å². The number of likely N-dealkylation sites (tertiary alicyclic amines) is 1. The van der Waals surface area contributed by atoms with E-state index >= 15 is 0 Å². The number of hydrogen-bond donors (Lipinski definition) is 1. The lowest BCUT2D eigenvalue weighted by molar-refractivity contribution is -0.0512. The maximum atomic E-state index is 12.2. The predicted molar refractivity (Wildman–Crippen MR) is 65.5 cm³/mol. The van der Waals surface area contributed by atoms with Crippen molar-refractivity contribution in [3.05, 3.63) is 23.8 Å². The van der Waals surface area contributed by atoms with Crippen LogP contribution in [0.5, 0.6) is 11.5 Å². The van der Waals surface area contributed by atoms with Gasteiger partial charge in [-0.05, 0) is 17.7 Å². The molecule has 6 heteroatoms. The van der Waals surface area contributed by atoms with Crippen LogP contribution in [-0.2, 0) is 6.54 Å². The maximum Gasteiger partial charge on any atom is 0.387 e. The van der Waals surface area contributed by atoms with Crippen LogP contribution in [0.1, 0.15) is 5.56 Å². The van der Waals surface area contributed by atoms with E-state index in [9.17, 15) is 8.78 Å². The average Bonchev–Trinajstić information content (AvgIpc) is 2.34. The Kier molecular flexibility index (Phi) is 4.55. The minimum Gasteiger partial charge on any atom is -0.493 e. The Balaban J connectivity index is 1.99. The Hall–Kier alpha value is -1.40. The number of halogens is 2. The zero-order chi connectivity index (χ0) is 13.8. The highest BCUT2D eigenvalue weighted by Gasteiger charge is 2.25. The number of hydrogen-bond acceptors (Lipinski definition) is 4. The average molecular weight is 273 g/mol. The molecule has 1 saturated heterocycles. The third kappa shape index (κ3) is 3.54. The van der Waals surface area contributed by atoms with Crippen LogP contribution in [0.2, 0.25) is 0 Å². The molecule has 1 aromatic carbocycles. The van der Waals surface area contributed by atoms with Crippen LogP contribution in [-0.4, -0.2) is 43.4 Å². The number of ether oxygens (including phenoxy) is 2. The molecule has 0 bridgehead atoms.